The molecule has 0 bridgehead atoms. The van der Waals surface area contributed by atoms with Crippen LogP contribution < -0.4 is 4.74 Å². The minimum absolute atomic E-state index is 0.0115. The first-order chi connectivity index (χ1) is 13.0. The molecule has 1 amide bonds. The molecule has 1 aliphatic heterocycles. The minimum Gasteiger partial charge on any atom is -0.484 e. The molecule has 0 radical (unpaired) electrons. The summed E-state index contributed by atoms with van der Waals surface area (Å²) in [7, 11) is 0. The standard InChI is InChI=1S/C20H19ClN2O3S/c1-14(24)15-3-7-17(8-4-15)22-20-23(11-2-12-27-20)19(25)13-26-18-9-5-16(21)6-10-18/h3-10H,2,11-13H2,1H3. The molecule has 0 spiro atoms. The second kappa shape index (κ2) is 9.06. The number of benzene rings is 2. The van der Waals surface area contributed by atoms with Crippen molar-refractivity contribution in [3.05, 3.63) is 59.1 Å². The van der Waals surface area contributed by atoms with E-state index in [1.807, 2.05) is 0 Å². The Bertz CT molecular complexity index is 851. The Balaban J connectivity index is 1.69. The summed E-state index contributed by atoms with van der Waals surface area (Å²) in [5, 5.41) is 1.27. The number of aliphatic imine (C=N–C) groups is 1. The number of nitrogens with zero attached hydrogens (tertiary/aromatic N) is 2. The molecule has 0 N–H and O–H groups in total. The molecule has 3 rings (SSSR count). The predicted molar refractivity (Wildman–Crippen MR) is 109 cm³/mol. The highest BCUT2D eigenvalue weighted by Gasteiger charge is 2.24. The number of rotatable bonds is 5. The quantitative estimate of drug-likeness (QED) is 0.687. The monoisotopic (exact) mass is 402 g/mol. The van der Waals surface area contributed by atoms with E-state index in [4.69, 9.17) is 16.3 Å². The van der Waals surface area contributed by atoms with E-state index in [-0.39, 0.29) is 18.3 Å². The highest BCUT2D eigenvalue weighted by atomic mass is 35.5. The van der Waals surface area contributed by atoms with E-state index in [1.54, 1.807) is 65.2 Å². The lowest BCUT2D eigenvalue weighted by Crippen LogP contribution is -2.41. The second-order valence-corrected chi connectivity index (χ2v) is 7.49. The topological polar surface area (TPSA) is 59.0 Å². The fourth-order valence-electron chi connectivity index (χ4n) is 2.52. The van der Waals surface area contributed by atoms with Gasteiger partial charge in [0, 0.05) is 22.9 Å². The van der Waals surface area contributed by atoms with E-state index in [1.165, 1.54) is 6.92 Å². The predicted octanol–water partition coefficient (Wildman–Crippen LogP) is 4.57. The molecule has 2 aromatic carbocycles. The Labute approximate surface area is 167 Å². The van der Waals surface area contributed by atoms with Crippen LogP contribution in [0, 0.1) is 0 Å². The van der Waals surface area contributed by atoms with Crippen LogP contribution in [0.4, 0.5) is 5.69 Å². The van der Waals surface area contributed by atoms with Gasteiger partial charge in [-0.15, -0.1) is 0 Å². The van der Waals surface area contributed by atoms with Crippen molar-refractivity contribution in [3.8, 4) is 5.75 Å². The summed E-state index contributed by atoms with van der Waals surface area (Å²) in [6, 6.07) is 13.9. The number of halogens is 1. The molecular weight excluding hydrogens is 384 g/mol. The number of amides is 1. The Morgan fingerprint density at radius 1 is 1.15 bits per heavy atom. The van der Waals surface area contributed by atoms with Gasteiger partial charge in [0.25, 0.3) is 5.91 Å². The number of carbonyl (C=O) groups excluding carboxylic acids is 2. The van der Waals surface area contributed by atoms with Crippen molar-refractivity contribution in [3.63, 3.8) is 0 Å². The number of ether oxygens (including phenoxy) is 1. The van der Waals surface area contributed by atoms with Gasteiger partial charge in [-0.25, -0.2) is 4.99 Å². The highest BCUT2D eigenvalue weighted by molar-refractivity contribution is 8.13. The lowest BCUT2D eigenvalue weighted by molar-refractivity contribution is -0.129. The molecule has 0 atom stereocenters. The normalized spacial score (nSPS) is 15.6. The van der Waals surface area contributed by atoms with Gasteiger partial charge in [0.2, 0.25) is 0 Å². The fourth-order valence-corrected chi connectivity index (χ4v) is 3.62. The summed E-state index contributed by atoms with van der Waals surface area (Å²) in [6.45, 7) is 2.07. The van der Waals surface area contributed by atoms with E-state index >= 15 is 0 Å². The van der Waals surface area contributed by atoms with Gasteiger partial charge >= 0.3 is 0 Å². The zero-order valence-electron chi connectivity index (χ0n) is 14.9. The fraction of sp³-hybridized carbons (Fsp3) is 0.250. The van der Waals surface area contributed by atoms with Crippen molar-refractivity contribution in [2.75, 3.05) is 18.9 Å². The molecule has 0 aromatic heterocycles. The number of amidine groups is 1. The van der Waals surface area contributed by atoms with E-state index in [2.05, 4.69) is 4.99 Å². The van der Waals surface area contributed by atoms with Gasteiger partial charge in [0.1, 0.15) is 5.75 Å². The van der Waals surface area contributed by atoms with Gasteiger partial charge in [-0.1, -0.05) is 23.4 Å². The third kappa shape index (κ3) is 5.34. The molecule has 1 aliphatic rings. The van der Waals surface area contributed by atoms with Crippen molar-refractivity contribution in [2.24, 2.45) is 4.99 Å². The molecule has 0 saturated carbocycles. The largest absolute Gasteiger partial charge is 0.484 e. The highest BCUT2D eigenvalue weighted by Crippen LogP contribution is 2.23. The molecule has 1 saturated heterocycles. The molecule has 0 aliphatic carbocycles. The Hall–Kier alpha value is -2.31. The summed E-state index contributed by atoms with van der Waals surface area (Å²) in [5.41, 5.74) is 1.35. The zero-order chi connectivity index (χ0) is 19.2. The van der Waals surface area contributed by atoms with Gasteiger partial charge < -0.3 is 4.74 Å². The van der Waals surface area contributed by atoms with E-state index in [0.717, 1.165) is 12.2 Å². The summed E-state index contributed by atoms with van der Waals surface area (Å²) < 4.78 is 5.57. The lowest BCUT2D eigenvalue weighted by atomic mass is 10.1. The van der Waals surface area contributed by atoms with Crippen LogP contribution in [-0.4, -0.2) is 40.7 Å². The maximum Gasteiger partial charge on any atom is 0.266 e. The SMILES string of the molecule is CC(=O)c1ccc(N=C2SCCCN2C(=O)COc2ccc(Cl)cc2)cc1. The summed E-state index contributed by atoms with van der Waals surface area (Å²) in [5.74, 6) is 1.37. The summed E-state index contributed by atoms with van der Waals surface area (Å²) in [4.78, 5) is 30.2. The average Bonchev–Trinajstić information content (AvgIpc) is 2.68. The Kier molecular flexibility index (Phi) is 6.53. The van der Waals surface area contributed by atoms with Crippen LogP contribution >= 0.6 is 23.4 Å². The summed E-state index contributed by atoms with van der Waals surface area (Å²) >= 11 is 7.40. The maximum atomic E-state index is 12.6. The molecular formula is C20H19ClN2O3S. The van der Waals surface area contributed by atoms with Crippen LogP contribution in [0.25, 0.3) is 0 Å². The molecule has 27 heavy (non-hydrogen) atoms. The number of ketones is 1. The Morgan fingerprint density at radius 2 is 1.85 bits per heavy atom. The van der Waals surface area contributed by atoms with Crippen molar-refractivity contribution in [2.45, 2.75) is 13.3 Å². The molecule has 0 unspecified atom stereocenters. The van der Waals surface area contributed by atoms with E-state index < -0.39 is 0 Å². The van der Waals surface area contributed by atoms with Gasteiger partial charge in [-0.2, -0.15) is 0 Å². The van der Waals surface area contributed by atoms with E-state index in [9.17, 15) is 9.59 Å². The second-order valence-electron chi connectivity index (χ2n) is 5.99. The number of thioether (sulfide) groups is 1. The van der Waals surface area contributed by atoms with Gasteiger partial charge in [-0.3, -0.25) is 14.5 Å². The van der Waals surface area contributed by atoms with Gasteiger partial charge in [-0.05, 0) is 61.9 Å². The molecule has 7 heteroatoms. The van der Waals surface area contributed by atoms with Crippen LogP contribution in [0.3, 0.4) is 0 Å². The maximum absolute atomic E-state index is 12.6. The lowest BCUT2D eigenvalue weighted by Gasteiger charge is -2.27. The Morgan fingerprint density at radius 3 is 2.52 bits per heavy atom. The first-order valence-corrected chi connectivity index (χ1v) is 9.90. The van der Waals surface area contributed by atoms with E-state index in [0.29, 0.717) is 33.7 Å². The summed E-state index contributed by atoms with van der Waals surface area (Å²) in [6.07, 6.45) is 0.902. The number of hydrogen-bond acceptors (Lipinski definition) is 5. The van der Waals surface area contributed by atoms with Gasteiger partial charge in [0.15, 0.2) is 17.6 Å². The molecule has 2 aromatic rings. The zero-order valence-corrected chi connectivity index (χ0v) is 16.4. The van der Waals surface area contributed by atoms with Crippen molar-refractivity contribution in [1.82, 2.24) is 4.90 Å². The minimum atomic E-state index is -0.142. The molecule has 5 nitrogen and oxygen atoms in total. The van der Waals surface area contributed by atoms with Crippen LogP contribution in [0.1, 0.15) is 23.7 Å². The van der Waals surface area contributed by atoms with Crippen molar-refractivity contribution < 1.29 is 14.3 Å². The van der Waals surface area contributed by atoms with Gasteiger partial charge in [0.05, 0.1) is 5.69 Å². The number of Topliss-reactive ketones (excluding diaryl/α,β-unsaturated/α-hetero) is 1. The number of carbonyl (C=O) groups is 2. The molecule has 140 valence electrons. The molecule has 1 fully saturated rings. The smallest absolute Gasteiger partial charge is 0.266 e. The third-order valence-electron chi connectivity index (χ3n) is 3.96. The molecule has 1 heterocycles. The third-order valence-corrected chi connectivity index (χ3v) is 5.28. The first-order valence-electron chi connectivity index (χ1n) is 8.54. The van der Waals surface area contributed by atoms with Crippen LogP contribution in [0.5, 0.6) is 5.75 Å². The average molecular weight is 403 g/mol. The first kappa shape index (κ1) is 19.5. The van der Waals surface area contributed by atoms with Crippen LogP contribution in [0.2, 0.25) is 5.02 Å². The van der Waals surface area contributed by atoms with Crippen molar-refractivity contribution >= 4 is 45.9 Å². The van der Waals surface area contributed by atoms with Crippen LogP contribution in [0.15, 0.2) is 53.5 Å². The number of hydrogen-bond donors (Lipinski definition) is 0. The van der Waals surface area contributed by atoms with Crippen LogP contribution in [-0.2, 0) is 4.79 Å². The van der Waals surface area contributed by atoms with Crippen molar-refractivity contribution in [1.29, 1.82) is 0 Å².